The number of ether oxygens (including phenoxy) is 1. The molecule has 10 nitrogen and oxygen atoms in total. The van der Waals surface area contributed by atoms with Gasteiger partial charge in [-0.15, -0.1) is 18.3 Å². The van der Waals surface area contributed by atoms with Gasteiger partial charge < -0.3 is 15.6 Å². The number of imidazole rings is 1. The lowest BCUT2D eigenvalue weighted by molar-refractivity contribution is -0.325. The van der Waals surface area contributed by atoms with Gasteiger partial charge in [-0.25, -0.2) is 4.98 Å². The van der Waals surface area contributed by atoms with Gasteiger partial charge in [0.2, 0.25) is 5.91 Å². The van der Waals surface area contributed by atoms with Gasteiger partial charge in [0.25, 0.3) is 5.91 Å². The predicted molar refractivity (Wildman–Crippen MR) is 106 cm³/mol. The summed E-state index contributed by atoms with van der Waals surface area (Å²) in [4.78, 5) is 31.9. The van der Waals surface area contributed by atoms with Crippen LogP contribution in [0.2, 0.25) is 0 Å². The number of H-pyrrole nitrogens is 1. The number of nitrogens with one attached hydrogen (secondary N) is 3. The zero-order chi connectivity index (χ0) is 25.6. The van der Waals surface area contributed by atoms with Crippen LogP contribution in [0.3, 0.4) is 0 Å². The summed E-state index contributed by atoms with van der Waals surface area (Å²) < 4.78 is 76.1. The van der Waals surface area contributed by atoms with E-state index in [-0.39, 0.29) is 25.3 Å². The number of hydrogen-bond acceptors (Lipinski definition) is 6. The Labute approximate surface area is 193 Å². The molecule has 3 aromatic rings. The zero-order valence-electron chi connectivity index (χ0n) is 17.8. The quantitative estimate of drug-likeness (QED) is 0.362. The Balaban J connectivity index is 1.49. The summed E-state index contributed by atoms with van der Waals surface area (Å²) in [5, 5.41) is 12.4. The Bertz CT molecular complexity index is 1170. The lowest BCUT2D eigenvalue weighted by Gasteiger charge is -2.07. The van der Waals surface area contributed by atoms with Crippen LogP contribution in [0.25, 0.3) is 11.0 Å². The highest BCUT2D eigenvalue weighted by atomic mass is 19.4. The number of alkyl halides is 6. The molecule has 0 unspecified atom stereocenters. The minimum absolute atomic E-state index is 0.0267. The molecule has 3 rings (SSSR count). The van der Waals surface area contributed by atoms with Crippen molar-refractivity contribution in [1.82, 2.24) is 35.6 Å². The molecule has 35 heavy (non-hydrogen) atoms. The number of nitrogens with zero attached hydrogens (tertiary/aromatic N) is 4. The molecule has 1 aromatic carbocycles. The number of aromatic amines is 1. The number of fused-ring (bicyclic) bond motifs is 1. The highest BCUT2D eigenvalue weighted by Gasteiger charge is 2.29. The number of rotatable bonds is 10. The summed E-state index contributed by atoms with van der Waals surface area (Å²) in [5.74, 6) is -0.971. The largest absolute Gasteiger partial charge is 0.522 e. The van der Waals surface area contributed by atoms with Crippen molar-refractivity contribution in [3.05, 3.63) is 41.5 Å². The Morgan fingerprint density at radius 3 is 2.57 bits per heavy atom. The Morgan fingerprint density at radius 2 is 1.86 bits per heavy atom. The lowest BCUT2D eigenvalue weighted by Crippen LogP contribution is -2.24. The van der Waals surface area contributed by atoms with Crippen LogP contribution in [-0.2, 0) is 29.2 Å². The maximum Gasteiger partial charge on any atom is 0.522 e. The summed E-state index contributed by atoms with van der Waals surface area (Å²) in [7, 11) is 0. The van der Waals surface area contributed by atoms with E-state index in [4.69, 9.17) is 0 Å². The molecule has 0 saturated carbocycles. The van der Waals surface area contributed by atoms with E-state index in [1.807, 2.05) is 0 Å². The average Bonchev–Trinajstić information content (AvgIpc) is 3.39. The van der Waals surface area contributed by atoms with Crippen molar-refractivity contribution in [2.75, 3.05) is 6.61 Å². The first-order valence-corrected chi connectivity index (χ1v) is 10.1. The third-order valence-electron chi connectivity index (χ3n) is 4.46. The molecule has 0 aliphatic carbocycles. The van der Waals surface area contributed by atoms with Crippen molar-refractivity contribution >= 4 is 22.8 Å². The van der Waals surface area contributed by atoms with Gasteiger partial charge >= 0.3 is 12.5 Å². The third-order valence-corrected chi connectivity index (χ3v) is 4.46. The molecule has 0 bridgehead atoms. The smallest absolute Gasteiger partial charge is 0.352 e. The fourth-order valence-corrected chi connectivity index (χ4v) is 2.85. The van der Waals surface area contributed by atoms with E-state index < -0.39 is 43.8 Å². The number of aromatic nitrogens is 5. The van der Waals surface area contributed by atoms with Gasteiger partial charge in [-0.05, 0) is 17.7 Å². The second-order valence-corrected chi connectivity index (χ2v) is 7.23. The zero-order valence-corrected chi connectivity index (χ0v) is 17.8. The van der Waals surface area contributed by atoms with E-state index in [2.05, 4.69) is 35.5 Å². The molecule has 0 spiro atoms. The van der Waals surface area contributed by atoms with Gasteiger partial charge in [0.1, 0.15) is 5.82 Å². The number of halogens is 6. The van der Waals surface area contributed by atoms with Crippen LogP contribution in [0.15, 0.2) is 24.4 Å². The lowest BCUT2D eigenvalue weighted by atomic mass is 10.2. The summed E-state index contributed by atoms with van der Waals surface area (Å²) in [6.07, 6.45) is -9.94. The second kappa shape index (κ2) is 10.7. The normalized spacial score (nSPS) is 12.2. The average molecular weight is 507 g/mol. The van der Waals surface area contributed by atoms with E-state index in [1.165, 1.54) is 0 Å². The molecule has 0 fully saturated rings. The highest BCUT2D eigenvalue weighted by molar-refractivity contribution is 5.91. The maximum atomic E-state index is 12.2. The van der Waals surface area contributed by atoms with Crippen LogP contribution in [0, 0.1) is 0 Å². The van der Waals surface area contributed by atoms with Gasteiger partial charge in [0.05, 0.1) is 43.3 Å². The van der Waals surface area contributed by atoms with Crippen LogP contribution < -0.4 is 10.6 Å². The van der Waals surface area contributed by atoms with Crippen molar-refractivity contribution in [3.8, 4) is 0 Å². The summed E-state index contributed by atoms with van der Waals surface area (Å²) in [6, 6.07) is 4.95. The number of carbonyl (C=O) groups excluding carboxylic acids is 2. The van der Waals surface area contributed by atoms with Gasteiger partial charge in [-0.2, -0.15) is 23.1 Å². The van der Waals surface area contributed by atoms with Crippen LogP contribution >= 0.6 is 0 Å². The molecule has 190 valence electrons. The maximum absolute atomic E-state index is 12.2. The summed E-state index contributed by atoms with van der Waals surface area (Å²) >= 11 is 0. The number of amides is 2. The Morgan fingerprint density at radius 1 is 1.09 bits per heavy atom. The standard InChI is InChI=1S/C19H19F6N7O3/c20-18(21,22)4-3-16(33)26-8-11-1-2-12-13(7-11)30-15(29-12)10-27-17(34)14-9-28-32(31-14)5-6-35-19(23,24)25/h1-2,7,9H,3-6,8,10H2,(H,26,33)(H,27,34)(H,29,30). The molecule has 0 aliphatic rings. The molecule has 2 heterocycles. The summed E-state index contributed by atoms with van der Waals surface area (Å²) in [5.41, 5.74) is 1.64. The number of hydrogen-bond donors (Lipinski definition) is 3. The third kappa shape index (κ3) is 8.55. The van der Waals surface area contributed by atoms with Crippen molar-refractivity contribution in [1.29, 1.82) is 0 Å². The van der Waals surface area contributed by atoms with Crippen LogP contribution in [0.1, 0.15) is 34.7 Å². The fourth-order valence-electron chi connectivity index (χ4n) is 2.85. The van der Waals surface area contributed by atoms with Crippen molar-refractivity contribution < 1.29 is 40.7 Å². The molecule has 2 aromatic heterocycles. The monoisotopic (exact) mass is 507 g/mol. The van der Waals surface area contributed by atoms with Crippen molar-refractivity contribution in [3.63, 3.8) is 0 Å². The first-order valence-electron chi connectivity index (χ1n) is 10.1. The van der Waals surface area contributed by atoms with Crippen LogP contribution in [0.4, 0.5) is 26.3 Å². The van der Waals surface area contributed by atoms with E-state index in [9.17, 15) is 35.9 Å². The topological polar surface area (TPSA) is 127 Å². The van der Waals surface area contributed by atoms with Gasteiger partial charge in [-0.3, -0.25) is 14.3 Å². The molecule has 16 heteroatoms. The van der Waals surface area contributed by atoms with Crippen LogP contribution in [-0.4, -0.2) is 55.9 Å². The number of benzene rings is 1. The van der Waals surface area contributed by atoms with E-state index in [0.29, 0.717) is 22.4 Å². The minimum Gasteiger partial charge on any atom is -0.352 e. The molecule has 0 atom stereocenters. The Kier molecular flexibility index (Phi) is 7.93. The molecular formula is C19H19F6N7O3. The Hall–Kier alpha value is -3.69. The number of carbonyl (C=O) groups is 2. The minimum atomic E-state index is -4.77. The molecule has 0 aliphatic heterocycles. The van der Waals surface area contributed by atoms with Gasteiger partial charge in [0.15, 0.2) is 5.69 Å². The first kappa shape index (κ1) is 25.9. The van der Waals surface area contributed by atoms with Crippen molar-refractivity contribution in [2.24, 2.45) is 0 Å². The van der Waals surface area contributed by atoms with E-state index in [0.717, 1.165) is 11.0 Å². The molecule has 2 amide bonds. The molecular weight excluding hydrogens is 488 g/mol. The van der Waals surface area contributed by atoms with Crippen LogP contribution in [0.5, 0.6) is 0 Å². The van der Waals surface area contributed by atoms with Gasteiger partial charge in [0, 0.05) is 13.0 Å². The molecule has 0 radical (unpaired) electrons. The fraction of sp³-hybridized carbons (Fsp3) is 0.421. The summed E-state index contributed by atoms with van der Waals surface area (Å²) in [6.45, 7) is -1.01. The SMILES string of the molecule is O=C(CCC(F)(F)F)NCc1ccc2nc(CNC(=O)c3cnn(CCOC(F)(F)F)n3)[nH]c2c1. The molecule has 3 N–H and O–H groups in total. The predicted octanol–water partition coefficient (Wildman–Crippen LogP) is 2.58. The second-order valence-electron chi connectivity index (χ2n) is 7.23. The van der Waals surface area contributed by atoms with Gasteiger partial charge in [-0.1, -0.05) is 6.07 Å². The molecule has 0 saturated heterocycles. The van der Waals surface area contributed by atoms with Crippen molar-refractivity contribution in [2.45, 2.75) is 45.0 Å². The van der Waals surface area contributed by atoms with E-state index >= 15 is 0 Å². The highest BCUT2D eigenvalue weighted by Crippen LogP contribution is 2.21. The van der Waals surface area contributed by atoms with E-state index in [1.54, 1.807) is 18.2 Å². The first-order chi connectivity index (χ1) is 16.4.